The predicted octanol–water partition coefficient (Wildman–Crippen LogP) is 2.87. The van der Waals surface area contributed by atoms with Crippen molar-refractivity contribution in [2.75, 3.05) is 0 Å². The Balaban J connectivity index is 1.96. The topological polar surface area (TPSA) is 56.7 Å². The highest BCUT2D eigenvalue weighted by Gasteiger charge is 2.15. The number of nitrogens with zero attached hydrogens (tertiary/aromatic N) is 3. The smallest absolute Gasteiger partial charge is 0.0738 e. The van der Waals surface area contributed by atoms with Crippen LogP contribution in [0.25, 0.3) is 0 Å². The van der Waals surface area contributed by atoms with Crippen molar-refractivity contribution in [1.29, 1.82) is 0 Å². The summed E-state index contributed by atoms with van der Waals surface area (Å²) < 4.78 is 3.12. The summed E-state index contributed by atoms with van der Waals surface area (Å²) in [7, 11) is 0. The van der Waals surface area contributed by atoms with Gasteiger partial charge in [0.2, 0.25) is 0 Å². The van der Waals surface area contributed by atoms with Crippen molar-refractivity contribution in [2.24, 2.45) is 5.73 Å². The standard InChI is InChI=1S/C15H21BrN4/c1-3-20-14(15(16)11(2)19-20)10-12(17)7-8-13-6-4-5-9-18-13/h4-6,9,12H,3,7-8,10,17H2,1-2H3. The van der Waals surface area contributed by atoms with Gasteiger partial charge < -0.3 is 5.73 Å². The van der Waals surface area contributed by atoms with Gasteiger partial charge in [-0.05, 0) is 54.8 Å². The van der Waals surface area contributed by atoms with Gasteiger partial charge in [-0.3, -0.25) is 9.67 Å². The Morgan fingerprint density at radius 3 is 2.85 bits per heavy atom. The van der Waals surface area contributed by atoms with Gasteiger partial charge in [-0.25, -0.2) is 0 Å². The molecular formula is C15H21BrN4. The normalized spacial score (nSPS) is 12.6. The number of rotatable bonds is 6. The van der Waals surface area contributed by atoms with Crippen LogP contribution in [0.15, 0.2) is 28.9 Å². The summed E-state index contributed by atoms with van der Waals surface area (Å²) in [5, 5.41) is 4.50. The lowest BCUT2D eigenvalue weighted by molar-refractivity contribution is 0.551. The molecule has 2 aromatic heterocycles. The largest absolute Gasteiger partial charge is 0.327 e. The Bertz CT molecular complexity index is 551. The lowest BCUT2D eigenvalue weighted by Gasteiger charge is -2.13. The van der Waals surface area contributed by atoms with E-state index in [0.717, 1.165) is 41.7 Å². The minimum absolute atomic E-state index is 0.120. The summed E-state index contributed by atoms with van der Waals surface area (Å²) in [6.07, 6.45) is 4.51. The average molecular weight is 337 g/mol. The van der Waals surface area contributed by atoms with Gasteiger partial charge in [-0.1, -0.05) is 6.07 Å². The molecule has 2 aromatic rings. The van der Waals surface area contributed by atoms with E-state index in [2.05, 4.69) is 32.9 Å². The Labute approximate surface area is 128 Å². The van der Waals surface area contributed by atoms with Gasteiger partial charge in [-0.2, -0.15) is 5.10 Å². The van der Waals surface area contributed by atoms with Gasteiger partial charge in [0.05, 0.1) is 15.9 Å². The molecule has 0 aliphatic carbocycles. The van der Waals surface area contributed by atoms with Crippen LogP contribution in [-0.4, -0.2) is 20.8 Å². The molecule has 2 rings (SSSR count). The molecule has 5 heteroatoms. The number of aryl methyl sites for hydroxylation is 3. The monoisotopic (exact) mass is 336 g/mol. The third-order valence-electron chi connectivity index (χ3n) is 3.41. The molecule has 20 heavy (non-hydrogen) atoms. The maximum atomic E-state index is 6.27. The van der Waals surface area contributed by atoms with E-state index in [1.807, 2.05) is 36.0 Å². The van der Waals surface area contributed by atoms with Crippen molar-refractivity contribution in [3.8, 4) is 0 Å². The van der Waals surface area contributed by atoms with E-state index in [-0.39, 0.29) is 6.04 Å². The Kier molecular flexibility index (Phi) is 5.31. The zero-order valence-electron chi connectivity index (χ0n) is 12.0. The number of halogens is 1. The fourth-order valence-corrected chi connectivity index (χ4v) is 2.74. The van der Waals surface area contributed by atoms with Crippen molar-refractivity contribution >= 4 is 15.9 Å². The number of pyridine rings is 1. The van der Waals surface area contributed by atoms with E-state index >= 15 is 0 Å². The van der Waals surface area contributed by atoms with E-state index in [1.54, 1.807) is 0 Å². The molecule has 0 radical (unpaired) electrons. The molecule has 0 saturated heterocycles. The zero-order valence-corrected chi connectivity index (χ0v) is 13.6. The summed E-state index contributed by atoms with van der Waals surface area (Å²) in [4.78, 5) is 4.33. The average Bonchev–Trinajstić information content (AvgIpc) is 2.74. The second-order valence-corrected chi connectivity index (χ2v) is 5.78. The molecule has 4 nitrogen and oxygen atoms in total. The molecule has 0 fully saturated rings. The molecule has 108 valence electrons. The second-order valence-electron chi connectivity index (χ2n) is 4.99. The lowest BCUT2D eigenvalue weighted by atomic mass is 10.0. The molecule has 0 spiro atoms. The summed E-state index contributed by atoms with van der Waals surface area (Å²) in [5.74, 6) is 0. The number of hydrogen-bond acceptors (Lipinski definition) is 3. The van der Waals surface area contributed by atoms with Crippen LogP contribution >= 0.6 is 15.9 Å². The van der Waals surface area contributed by atoms with E-state index in [0.29, 0.717) is 0 Å². The molecule has 2 heterocycles. The number of hydrogen-bond donors (Lipinski definition) is 1. The van der Waals surface area contributed by atoms with Crippen LogP contribution in [0.4, 0.5) is 0 Å². The minimum Gasteiger partial charge on any atom is -0.327 e. The Morgan fingerprint density at radius 2 is 2.20 bits per heavy atom. The second kappa shape index (κ2) is 6.99. The summed E-state index contributed by atoms with van der Waals surface area (Å²) >= 11 is 3.62. The van der Waals surface area contributed by atoms with Crippen molar-refractivity contribution in [2.45, 2.75) is 45.7 Å². The van der Waals surface area contributed by atoms with Crippen molar-refractivity contribution in [3.05, 3.63) is 46.0 Å². The molecule has 0 aliphatic rings. The molecule has 1 atom stereocenters. The van der Waals surface area contributed by atoms with Gasteiger partial charge in [-0.15, -0.1) is 0 Å². The Morgan fingerprint density at radius 1 is 1.40 bits per heavy atom. The first kappa shape index (κ1) is 15.2. The third kappa shape index (κ3) is 3.67. The highest BCUT2D eigenvalue weighted by molar-refractivity contribution is 9.10. The molecule has 2 N–H and O–H groups in total. The SMILES string of the molecule is CCn1nc(C)c(Br)c1CC(N)CCc1ccccn1. The molecular weight excluding hydrogens is 316 g/mol. The highest BCUT2D eigenvalue weighted by atomic mass is 79.9. The number of nitrogens with two attached hydrogens (primary N) is 1. The molecule has 0 aliphatic heterocycles. The maximum absolute atomic E-state index is 6.27. The first-order chi connectivity index (χ1) is 9.61. The van der Waals surface area contributed by atoms with Crippen LogP contribution in [0.2, 0.25) is 0 Å². The van der Waals surface area contributed by atoms with Crippen LogP contribution < -0.4 is 5.73 Å². The fourth-order valence-electron chi connectivity index (χ4n) is 2.29. The Hall–Kier alpha value is -1.20. The molecule has 0 saturated carbocycles. The van der Waals surface area contributed by atoms with Gasteiger partial charge in [0.25, 0.3) is 0 Å². The first-order valence-electron chi connectivity index (χ1n) is 6.99. The van der Waals surface area contributed by atoms with E-state index in [1.165, 1.54) is 5.69 Å². The first-order valence-corrected chi connectivity index (χ1v) is 7.78. The van der Waals surface area contributed by atoms with Crippen LogP contribution in [0.3, 0.4) is 0 Å². The molecule has 0 bridgehead atoms. The highest BCUT2D eigenvalue weighted by Crippen LogP contribution is 2.22. The fraction of sp³-hybridized carbons (Fsp3) is 0.467. The third-order valence-corrected chi connectivity index (χ3v) is 4.44. The number of aromatic nitrogens is 3. The van der Waals surface area contributed by atoms with E-state index < -0.39 is 0 Å². The maximum Gasteiger partial charge on any atom is 0.0738 e. The van der Waals surface area contributed by atoms with Crippen molar-refractivity contribution in [1.82, 2.24) is 14.8 Å². The predicted molar refractivity (Wildman–Crippen MR) is 84.6 cm³/mol. The minimum atomic E-state index is 0.120. The van der Waals surface area contributed by atoms with Crippen LogP contribution in [0, 0.1) is 6.92 Å². The molecule has 1 unspecified atom stereocenters. The van der Waals surface area contributed by atoms with Gasteiger partial charge in [0.15, 0.2) is 0 Å². The van der Waals surface area contributed by atoms with Gasteiger partial charge >= 0.3 is 0 Å². The quantitative estimate of drug-likeness (QED) is 0.882. The molecule has 0 aromatic carbocycles. The summed E-state index contributed by atoms with van der Waals surface area (Å²) in [6, 6.07) is 6.11. The van der Waals surface area contributed by atoms with Crippen LogP contribution in [-0.2, 0) is 19.4 Å². The van der Waals surface area contributed by atoms with Crippen LogP contribution in [0.5, 0.6) is 0 Å². The summed E-state index contributed by atoms with van der Waals surface area (Å²) in [6.45, 7) is 4.98. The van der Waals surface area contributed by atoms with Crippen molar-refractivity contribution in [3.63, 3.8) is 0 Å². The van der Waals surface area contributed by atoms with Gasteiger partial charge in [0, 0.05) is 30.9 Å². The van der Waals surface area contributed by atoms with E-state index in [9.17, 15) is 0 Å². The van der Waals surface area contributed by atoms with Crippen LogP contribution in [0.1, 0.15) is 30.4 Å². The summed E-state index contributed by atoms with van der Waals surface area (Å²) in [5.41, 5.74) is 9.58. The zero-order chi connectivity index (χ0) is 14.5. The van der Waals surface area contributed by atoms with E-state index in [4.69, 9.17) is 5.73 Å². The van der Waals surface area contributed by atoms with Crippen molar-refractivity contribution < 1.29 is 0 Å². The molecule has 0 amide bonds. The van der Waals surface area contributed by atoms with Gasteiger partial charge in [0.1, 0.15) is 0 Å². The lowest BCUT2D eigenvalue weighted by Crippen LogP contribution is -2.25.